The molecular formula is C12H13F3N2O3. The summed E-state index contributed by atoms with van der Waals surface area (Å²) in [7, 11) is 0. The van der Waals surface area contributed by atoms with Crippen LogP contribution in [0.25, 0.3) is 0 Å². The third-order valence-electron chi connectivity index (χ3n) is 3.57. The lowest BCUT2D eigenvalue weighted by molar-refractivity contribution is -0.185. The van der Waals surface area contributed by atoms with E-state index in [9.17, 15) is 22.8 Å². The number of aromatic carboxylic acids is 1. The van der Waals surface area contributed by atoms with Crippen molar-refractivity contribution in [3.63, 3.8) is 0 Å². The average molecular weight is 290 g/mol. The lowest BCUT2D eigenvalue weighted by Gasteiger charge is -2.30. The van der Waals surface area contributed by atoms with E-state index in [0.717, 1.165) is 0 Å². The molecule has 0 aromatic carbocycles. The first kappa shape index (κ1) is 14.5. The molecule has 1 aliphatic rings. The van der Waals surface area contributed by atoms with Gasteiger partial charge in [-0.1, -0.05) is 6.42 Å². The van der Waals surface area contributed by atoms with Crippen LogP contribution in [0.2, 0.25) is 0 Å². The van der Waals surface area contributed by atoms with Crippen LogP contribution < -0.4 is 0 Å². The number of aldehydes is 1. The van der Waals surface area contributed by atoms with Gasteiger partial charge in [0.15, 0.2) is 12.0 Å². The summed E-state index contributed by atoms with van der Waals surface area (Å²) in [6.07, 6.45) is -1.87. The van der Waals surface area contributed by atoms with Crippen molar-refractivity contribution in [2.24, 2.45) is 5.92 Å². The Morgan fingerprint density at radius 3 is 2.65 bits per heavy atom. The second-order valence-electron chi connectivity index (χ2n) is 4.90. The van der Waals surface area contributed by atoms with Crippen molar-refractivity contribution >= 4 is 12.3 Å². The maximum absolute atomic E-state index is 12.7. The Labute approximate surface area is 112 Å². The molecular weight excluding hydrogens is 277 g/mol. The predicted molar refractivity (Wildman–Crippen MR) is 61.6 cm³/mol. The number of rotatable bonds is 3. The maximum Gasteiger partial charge on any atom is 0.391 e. The van der Waals surface area contributed by atoms with Gasteiger partial charge in [0.1, 0.15) is 0 Å². The Balaban J connectivity index is 2.23. The summed E-state index contributed by atoms with van der Waals surface area (Å²) in [5.74, 6) is -2.77. The van der Waals surface area contributed by atoms with E-state index in [0.29, 0.717) is 19.1 Å². The summed E-state index contributed by atoms with van der Waals surface area (Å²) in [5.41, 5.74) is -0.541. The smallest absolute Gasteiger partial charge is 0.391 e. The summed E-state index contributed by atoms with van der Waals surface area (Å²) < 4.78 is 39.4. The normalized spacial score (nSPS) is 23.6. The third-order valence-corrected chi connectivity index (χ3v) is 3.57. The highest BCUT2D eigenvalue weighted by molar-refractivity contribution is 5.95. The van der Waals surface area contributed by atoms with Crippen LogP contribution in [0, 0.1) is 5.92 Å². The van der Waals surface area contributed by atoms with Gasteiger partial charge in [0.05, 0.1) is 17.5 Å². The van der Waals surface area contributed by atoms with E-state index in [4.69, 9.17) is 5.11 Å². The number of aromatic nitrogens is 2. The Hall–Kier alpha value is -1.86. The lowest BCUT2D eigenvalue weighted by Crippen LogP contribution is -2.30. The van der Waals surface area contributed by atoms with Gasteiger partial charge < -0.3 is 5.11 Å². The zero-order valence-electron chi connectivity index (χ0n) is 10.4. The number of halogens is 3. The molecule has 0 amide bonds. The number of hydrogen-bond donors (Lipinski definition) is 1. The van der Waals surface area contributed by atoms with E-state index in [2.05, 4.69) is 5.10 Å². The van der Waals surface area contributed by atoms with E-state index in [1.165, 1.54) is 10.9 Å². The fraction of sp³-hybridized carbons (Fsp3) is 0.583. The molecule has 0 saturated heterocycles. The van der Waals surface area contributed by atoms with Crippen LogP contribution in [-0.4, -0.2) is 33.3 Å². The van der Waals surface area contributed by atoms with Gasteiger partial charge in [-0.05, 0) is 19.3 Å². The van der Waals surface area contributed by atoms with Gasteiger partial charge in [0, 0.05) is 6.20 Å². The summed E-state index contributed by atoms with van der Waals surface area (Å²) in [6, 6.07) is -0.526. The fourth-order valence-electron chi connectivity index (χ4n) is 2.55. The van der Waals surface area contributed by atoms with Crippen LogP contribution in [0.3, 0.4) is 0 Å². The minimum Gasteiger partial charge on any atom is -0.476 e. The fourth-order valence-corrected chi connectivity index (χ4v) is 2.55. The van der Waals surface area contributed by atoms with Crippen molar-refractivity contribution in [3.8, 4) is 0 Å². The Kier molecular flexibility index (Phi) is 3.82. The second kappa shape index (κ2) is 5.26. The third kappa shape index (κ3) is 2.83. The van der Waals surface area contributed by atoms with Gasteiger partial charge in [0.25, 0.3) is 0 Å². The van der Waals surface area contributed by atoms with Crippen LogP contribution >= 0.6 is 0 Å². The molecule has 1 saturated carbocycles. The van der Waals surface area contributed by atoms with Crippen LogP contribution in [0.15, 0.2) is 6.20 Å². The van der Waals surface area contributed by atoms with Gasteiger partial charge in [0.2, 0.25) is 0 Å². The molecule has 1 fully saturated rings. The SMILES string of the molecule is O=Cc1cn(C2CCCC(C(F)(F)F)C2)nc1C(=O)O. The van der Waals surface area contributed by atoms with Gasteiger partial charge in [-0.25, -0.2) is 4.79 Å². The Bertz CT molecular complexity index is 525. The molecule has 0 bridgehead atoms. The molecule has 8 heteroatoms. The lowest BCUT2D eigenvalue weighted by atomic mass is 9.85. The van der Waals surface area contributed by atoms with Crippen molar-refractivity contribution in [1.82, 2.24) is 9.78 Å². The van der Waals surface area contributed by atoms with Gasteiger partial charge in [-0.3, -0.25) is 9.48 Å². The van der Waals surface area contributed by atoms with E-state index in [1.54, 1.807) is 0 Å². The number of nitrogens with zero attached hydrogens (tertiary/aromatic N) is 2. The molecule has 20 heavy (non-hydrogen) atoms. The highest BCUT2D eigenvalue weighted by Gasteiger charge is 2.42. The molecule has 5 nitrogen and oxygen atoms in total. The summed E-state index contributed by atoms with van der Waals surface area (Å²) in [4.78, 5) is 21.6. The van der Waals surface area contributed by atoms with Crippen molar-refractivity contribution in [3.05, 3.63) is 17.5 Å². The van der Waals surface area contributed by atoms with Crippen molar-refractivity contribution in [2.75, 3.05) is 0 Å². The number of carbonyl (C=O) groups excluding carboxylic acids is 1. The maximum atomic E-state index is 12.7. The molecule has 2 unspecified atom stereocenters. The first-order chi connectivity index (χ1) is 9.32. The van der Waals surface area contributed by atoms with E-state index < -0.39 is 29.8 Å². The minimum absolute atomic E-state index is 0.0770. The molecule has 1 aromatic rings. The highest BCUT2D eigenvalue weighted by Crippen LogP contribution is 2.41. The first-order valence-corrected chi connectivity index (χ1v) is 6.17. The van der Waals surface area contributed by atoms with Crippen LogP contribution in [0.1, 0.15) is 52.6 Å². The summed E-state index contributed by atoms with van der Waals surface area (Å²) >= 11 is 0. The summed E-state index contributed by atoms with van der Waals surface area (Å²) in [6.45, 7) is 0. The van der Waals surface area contributed by atoms with Crippen LogP contribution in [-0.2, 0) is 0 Å². The molecule has 1 heterocycles. The molecule has 0 radical (unpaired) electrons. The number of carbonyl (C=O) groups is 2. The van der Waals surface area contributed by atoms with Gasteiger partial charge in [-0.15, -0.1) is 0 Å². The molecule has 1 aliphatic carbocycles. The molecule has 110 valence electrons. The minimum atomic E-state index is -4.26. The summed E-state index contributed by atoms with van der Waals surface area (Å²) in [5, 5.41) is 12.6. The van der Waals surface area contributed by atoms with Gasteiger partial charge >= 0.3 is 12.1 Å². The number of carboxylic acids is 1. The van der Waals surface area contributed by atoms with Gasteiger partial charge in [-0.2, -0.15) is 18.3 Å². The molecule has 1 N–H and O–H groups in total. The second-order valence-corrected chi connectivity index (χ2v) is 4.90. The van der Waals surface area contributed by atoms with E-state index in [-0.39, 0.29) is 18.4 Å². The van der Waals surface area contributed by atoms with Crippen LogP contribution in [0.5, 0.6) is 0 Å². The zero-order chi connectivity index (χ0) is 14.9. The monoisotopic (exact) mass is 290 g/mol. The van der Waals surface area contributed by atoms with E-state index in [1.807, 2.05) is 0 Å². The average Bonchev–Trinajstić information content (AvgIpc) is 2.82. The van der Waals surface area contributed by atoms with Crippen molar-refractivity contribution < 1.29 is 27.9 Å². The molecule has 2 rings (SSSR count). The number of hydrogen-bond acceptors (Lipinski definition) is 3. The molecule has 1 aromatic heterocycles. The van der Waals surface area contributed by atoms with Crippen LogP contribution in [0.4, 0.5) is 13.2 Å². The van der Waals surface area contributed by atoms with Crippen molar-refractivity contribution in [2.45, 2.75) is 37.9 Å². The Morgan fingerprint density at radius 1 is 1.45 bits per heavy atom. The number of carboxylic acid groups (broad SMARTS) is 1. The topological polar surface area (TPSA) is 72.2 Å². The first-order valence-electron chi connectivity index (χ1n) is 6.17. The highest BCUT2D eigenvalue weighted by atomic mass is 19.4. The number of alkyl halides is 3. The van der Waals surface area contributed by atoms with E-state index >= 15 is 0 Å². The molecule has 2 atom stereocenters. The Morgan fingerprint density at radius 2 is 2.15 bits per heavy atom. The standard InChI is InChI=1S/C12H13F3N2O3/c13-12(14,15)8-2-1-3-9(4-8)17-5-7(6-18)10(16-17)11(19)20/h5-6,8-9H,1-4H2,(H,19,20). The zero-order valence-corrected chi connectivity index (χ0v) is 10.4. The predicted octanol–water partition coefficient (Wildman–Crippen LogP) is 2.69. The quantitative estimate of drug-likeness (QED) is 0.869. The van der Waals surface area contributed by atoms with Crippen molar-refractivity contribution in [1.29, 1.82) is 0 Å². The molecule has 0 aliphatic heterocycles. The molecule has 0 spiro atoms. The largest absolute Gasteiger partial charge is 0.476 e.